The maximum absolute atomic E-state index is 5.27. The summed E-state index contributed by atoms with van der Waals surface area (Å²) in [6.45, 7) is 5.33. The van der Waals surface area contributed by atoms with E-state index in [1.165, 1.54) is 19.3 Å². The van der Waals surface area contributed by atoms with E-state index in [-0.39, 0.29) is 0 Å². The number of aromatic nitrogens is 1. The van der Waals surface area contributed by atoms with Gasteiger partial charge in [-0.3, -0.25) is 5.43 Å². The molecule has 0 radical (unpaired) electrons. The Balaban J connectivity index is 1.97. The Labute approximate surface area is 109 Å². The summed E-state index contributed by atoms with van der Waals surface area (Å²) in [6, 6.07) is 5.19. The topological polar surface area (TPSA) is 37.4 Å². The Bertz CT molecular complexity index is 373. The van der Waals surface area contributed by atoms with Gasteiger partial charge in [-0.25, -0.2) is 9.99 Å². The van der Waals surface area contributed by atoms with E-state index in [1.807, 2.05) is 6.07 Å². The maximum Gasteiger partial charge on any atom is 0.217 e. The molecule has 0 aliphatic carbocycles. The standard InChI is InChI=1S/C14H23N3O/c1-11-6-4-7-12(2)17(11)16-10-13-8-5-9-15-14(13)18-3/h5,8-9,11-12,16H,4,6-7,10H2,1-3H3. The summed E-state index contributed by atoms with van der Waals surface area (Å²) in [6.07, 6.45) is 5.62. The van der Waals surface area contributed by atoms with Crippen molar-refractivity contribution in [3.63, 3.8) is 0 Å². The number of nitrogens with one attached hydrogen (secondary N) is 1. The number of hydrogen-bond donors (Lipinski definition) is 1. The van der Waals surface area contributed by atoms with Crippen molar-refractivity contribution in [1.82, 2.24) is 15.4 Å². The number of methoxy groups -OCH3 is 1. The van der Waals surface area contributed by atoms with Gasteiger partial charge in [0, 0.05) is 30.4 Å². The summed E-state index contributed by atoms with van der Waals surface area (Å²) in [5.41, 5.74) is 4.63. The summed E-state index contributed by atoms with van der Waals surface area (Å²) in [7, 11) is 1.66. The lowest BCUT2D eigenvalue weighted by Crippen LogP contribution is -2.51. The van der Waals surface area contributed by atoms with Crippen LogP contribution in [0.4, 0.5) is 0 Å². The fraction of sp³-hybridized carbons (Fsp3) is 0.643. The molecule has 2 heterocycles. The number of rotatable bonds is 4. The molecular formula is C14H23N3O. The van der Waals surface area contributed by atoms with Gasteiger partial charge in [0.15, 0.2) is 0 Å². The normalized spacial score (nSPS) is 25.1. The molecule has 2 atom stereocenters. The van der Waals surface area contributed by atoms with Crippen LogP contribution < -0.4 is 10.2 Å². The molecule has 0 aromatic carbocycles. The van der Waals surface area contributed by atoms with Gasteiger partial charge in [-0.2, -0.15) is 0 Å². The minimum absolute atomic E-state index is 0.594. The average Bonchev–Trinajstić information content (AvgIpc) is 2.38. The van der Waals surface area contributed by atoms with Gasteiger partial charge < -0.3 is 4.74 Å². The molecule has 4 nitrogen and oxygen atoms in total. The van der Waals surface area contributed by atoms with E-state index >= 15 is 0 Å². The van der Waals surface area contributed by atoms with Crippen LogP contribution in [0.1, 0.15) is 38.7 Å². The first-order valence-electron chi connectivity index (χ1n) is 6.72. The molecule has 1 saturated heterocycles. The first-order valence-corrected chi connectivity index (χ1v) is 6.72. The molecule has 100 valence electrons. The van der Waals surface area contributed by atoms with Gasteiger partial charge in [-0.05, 0) is 32.8 Å². The molecule has 1 N–H and O–H groups in total. The van der Waals surface area contributed by atoms with Gasteiger partial charge in [0.1, 0.15) is 0 Å². The summed E-state index contributed by atoms with van der Waals surface area (Å²) in [4.78, 5) is 4.22. The van der Waals surface area contributed by atoms with Crippen molar-refractivity contribution in [1.29, 1.82) is 0 Å². The maximum atomic E-state index is 5.27. The van der Waals surface area contributed by atoms with Crippen LogP contribution in [-0.4, -0.2) is 29.2 Å². The highest BCUT2D eigenvalue weighted by atomic mass is 16.5. The van der Waals surface area contributed by atoms with Crippen LogP contribution in [0, 0.1) is 0 Å². The van der Waals surface area contributed by atoms with Gasteiger partial charge in [0.05, 0.1) is 7.11 Å². The summed E-state index contributed by atoms with van der Waals surface area (Å²) in [5.74, 6) is 0.710. The lowest BCUT2D eigenvalue weighted by molar-refractivity contribution is 0.0432. The molecule has 2 unspecified atom stereocenters. The third kappa shape index (κ3) is 3.00. The second kappa shape index (κ2) is 6.16. The SMILES string of the molecule is COc1ncccc1CNN1C(C)CCCC1C. The highest BCUT2D eigenvalue weighted by Gasteiger charge is 2.24. The van der Waals surface area contributed by atoms with E-state index in [0.29, 0.717) is 18.0 Å². The summed E-state index contributed by atoms with van der Waals surface area (Å²) in [5, 5.41) is 2.37. The third-order valence-electron chi connectivity index (χ3n) is 3.69. The third-order valence-corrected chi connectivity index (χ3v) is 3.69. The summed E-state index contributed by atoms with van der Waals surface area (Å²) < 4.78 is 5.27. The van der Waals surface area contributed by atoms with Crippen molar-refractivity contribution in [2.24, 2.45) is 0 Å². The molecule has 2 rings (SSSR count). The Hall–Kier alpha value is -1.13. The molecule has 1 aliphatic heterocycles. The predicted molar refractivity (Wildman–Crippen MR) is 72.2 cm³/mol. The Kier molecular flexibility index (Phi) is 4.55. The van der Waals surface area contributed by atoms with Crippen LogP contribution in [0.3, 0.4) is 0 Å². The molecule has 0 saturated carbocycles. The van der Waals surface area contributed by atoms with Crippen LogP contribution in [-0.2, 0) is 6.54 Å². The first-order chi connectivity index (χ1) is 8.72. The van der Waals surface area contributed by atoms with Gasteiger partial charge in [0.25, 0.3) is 0 Å². The Morgan fingerprint density at radius 3 is 2.78 bits per heavy atom. The van der Waals surface area contributed by atoms with Crippen LogP contribution in [0.15, 0.2) is 18.3 Å². The van der Waals surface area contributed by atoms with Gasteiger partial charge in [0.2, 0.25) is 5.88 Å². The molecule has 0 bridgehead atoms. The van der Waals surface area contributed by atoms with E-state index in [0.717, 1.165) is 12.1 Å². The molecule has 1 aromatic heterocycles. The molecule has 0 amide bonds. The Morgan fingerprint density at radius 2 is 2.11 bits per heavy atom. The van der Waals surface area contributed by atoms with Crippen LogP contribution in [0.5, 0.6) is 5.88 Å². The average molecular weight is 249 g/mol. The quantitative estimate of drug-likeness (QED) is 0.889. The zero-order chi connectivity index (χ0) is 13.0. The lowest BCUT2D eigenvalue weighted by atomic mass is 10.00. The molecule has 4 heteroatoms. The van der Waals surface area contributed by atoms with Gasteiger partial charge >= 0.3 is 0 Å². The van der Waals surface area contributed by atoms with E-state index < -0.39 is 0 Å². The minimum Gasteiger partial charge on any atom is -0.481 e. The van der Waals surface area contributed by atoms with Gasteiger partial charge in [-0.15, -0.1) is 0 Å². The van der Waals surface area contributed by atoms with Crippen molar-refractivity contribution in [3.05, 3.63) is 23.9 Å². The highest BCUT2D eigenvalue weighted by molar-refractivity contribution is 5.24. The van der Waals surface area contributed by atoms with Crippen molar-refractivity contribution in [3.8, 4) is 5.88 Å². The molecule has 18 heavy (non-hydrogen) atoms. The minimum atomic E-state index is 0.594. The predicted octanol–water partition coefficient (Wildman–Crippen LogP) is 2.36. The first kappa shape index (κ1) is 13.3. The number of hydrazine groups is 1. The smallest absolute Gasteiger partial charge is 0.217 e. The van der Waals surface area contributed by atoms with Crippen molar-refractivity contribution >= 4 is 0 Å². The monoisotopic (exact) mass is 249 g/mol. The van der Waals surface area contributed by atoms with Gasteiger partial charge in [-0.1, -0.05) is 12.5 Å². The van der Waals surface area contributed by atoms with E-state index in [9.17, 15) is 0 Å². The fourth-order valence-corrected chi connectivity index (χ4v) is 2.65. The zero-order valence-corrected chi connectivity index (χ0v) is 11.5. The zero-order valence-electron chi connectivity index (χ0n) is 11.5. The number of piperidine rings is 1. The number of nitrogens with zero attached hydrogens (tertiary/aromatic N) is 2. The fourth-order valence-electron chi connectivity index (χ4n) is 2.65. The molecule has 1 aliphatic rings. The van der Waals surface area contributed by atoms with Crippen molar-refractivity contribution in [2.45, 2.75) is 51.7 Å². The second-order valence-electron chi connectivity index (χ2n) is 5.04. The number of hydrogen-bond acceptors (Lipinski definition) is 4. The second-order valence-corrected chi connectivity index (χ2v) is 5.04. The number of ether oxygens (including phenoxy) is 1. The summed E-state index contributed by atoms with van der Waals surface area (Å²) >= 11 is 0. The van der Waals surface area contributed by atoms with Crippen LogP contribution >= 0.6 is 0 Å². The highest BCUT2D eigenvalue weighted by Crippen LogP contribution is 2.21. The molecule has 1 fully saturated rings. The largest absolute Gasteiger partial charge is 0.481 e. The van der Waals surface area contributed by atoms with E-state index in [4.69, 9.17) is 4.74 Å². The van der Waals surface area contributed by atoms with Crippen LogP contribution in [0.2, 0.25) is 0 Å². The van der Waals surface area contributed by atoms with Crippen molar-refractivity contribution < 1.29 is 4.74 Å². The lowest BCUT2D eigenvalue weighted by Gasteiger charge is -2.39. The molecule has 0 spiro atoms. The van der Waals surface area contributed by atoms with Crippen LogP contribution in [0.25, 0.3) is 0 Å². The van der Waals surface area contributed by atoms with Crippen molar-refractivity contribution in [2.75, 3.05) is 7.11 Å². The van der Waals surface area contributed by atoms with E-state index in [2.05, 4.69) is 35.3 Å². The number of pyridine rings is 1. The Morgan fingerprint density at radius 1 is 1.39 bits per heavy atom. The molecular weight excluding hydrogens is 226 g/mol. The molecule has 1 aromatic rings. The van der Waals surface area contributed by atoms with E-state index in [1.54, 1.807) is 13.3 Å².